The highest BCUT2D eigenvalue weighted by atomic mass is 35.5. The molecule has 10 nitrogen and oxygen atoms in total. The van der Waals surface area contributed by atoms with Gasteiger partial charge in [0.1, 0.15) is 23.5 Å². The average Bonchev–Trinajstić information content (AvgIpc) is 3.15. The molecule has 0 bridgehead atoms. The van der Waals surface area contributed by atoms with E-state index in [1.807, 2.05) is 29.8 Å². The maximum atomic E-state index is 13.3. The summed E-state index contributed by atoms with van der Waals surface area (Å²) in [7, 11) is 1.85. The minimum absolute atomic E-state index is 0.0927. The molecule has 2 atom stereocenters. The van der Waals surface area contributed by atoms with Crippen molar-refractivity contribution < 1.29 is 23.9 Å². The third-order valence-electron chi connectivity index (χ3n) is 5.93. The van der Waals surface area contributed by atoms with Crippen molar-refractivity contribution >= 4 is 57.9 Å². The van der Waals surface area contributed by atoms with Crippen LogP contribution in [0.15, 0.2) is 18.2 Å². The Kier molecular flexibility index (Phi) is 12.2. The number of aromatic nitrogens is 2. The zero-order chi connectivity index (χ0) is 29.3. The van der Waals surface area contributed by atoms with E-state index >= 15 is 0 Å². The number of anilines is 1. The summed E-state index contributed by atoms with van der Waals surface area (Å²) in [5.74, 6) is 0.135. The summed E-state index contributed by atoms with van der Waals surface area (Å²) in [6.45, 7) is 11.9. The van der Waals surface area contributed by atoms with Crippen LogP contribution in [0.25, 0.3) is 11.0 Å². The lowest BCUT2D eigenvalue weighted by Gasteiger charge is -2.26. The summed E-state index contributed by atoms with van der Waals surface area (Å²) >= 11 is 11.9. The number of aryl methyl sites for hydroxylation is 1. The predicted molar refractivity (Wildman–Crippen MR) is 155 cm³/mol. The van der Waals surface area contributed by atoms with Gasteiger partial charge < -0.3 is 29.6 Å². The highest BCUT2D eigenvalue weighted by Crippen LogP contribution is 2.23. The molecule has 0 saturated heterocycles. The first-order valence-electron chi connectivity index (χ1n) is 13.1. The number of benzene rings is 1. The Bertz CT molecular complexity index is 1130. The Morgan fingerprint density at radius 1 is 1.10 bits per heavy atom. The number of nitrogens with one attached hydrogen (secondary N) is 2. The standard InChI is InChI=1S/C27H41Cl2N5O5/c1-8-38-25(36)20(31-24(35)23(17(2)3)32-26(37)39-27(4,5)6)16-22-30-19-15-18(9-10-21(19)33(22)7)34(13-11-28)14-12-29/h9-10,15,17,20,23H,8,11-14,16H2,1-7H3,(H,31,35)(H,32,37)/t20-,23-/m0/s1. The van der Waals surface area contributed by atoms with Gasteiger partial charge in [0.15, 0.2) is 0 Å². The third-order valence-corrected chi connectivity index (χ3v) is 6.26. The van der Waals surface area contributed by atoms with Crippen molar-refractivity contribution in [1.82, 2.24) is 20.2 Å². The molecule has 218 valence electrons. The Hall–Kier alpha value is -2.72. The van der Waals surface area contributed by atoms with Crippen LogP contribution in [0, 0.1) is 5.92 Å². The summed E-state index contributed by atoms with van der Waals surface area (Å²) in [6, 6.07) is 3.95. The molecular formula is C27H41Cl2N5O5. The lowest BCUT2D eigenvalue weighted by atomic mass is 10.0. The van der Waals surface area contributed by atoms with E-state index in [-0.39, 0.29) is 18.9 Å². The summed E-state index contributed by atoms with van der Waals surface area (Å²) in [4.78, 5) is 45.3. The molecule has 1 aromatic carbocycles. The summed E-state index contributed by atoms with van der Waals surface area (Å²) in [5.41, 5.74) is 1.82. The number of alkyl carbamates (subject to hydrolysis) is 1. The zero-order valence-corrected chi connectivity index (χ0v) is 25.4. The van der Waals surface area contributed by atoms with Gasteiger partial charge in [-0.3, -0.25) is 4.79 Å². The fourth-order valence-corrected chi connectivity index (χ4v) is 4.45. The Labute approximate surface area is 240 Å². The van der Waals surface area contributed by atoms with E-state index in [2.05, 4.69) is 15.5 Å². The Morgan fingerprint density at radius 2 is 1.74 bits per heavy atom. The number of amides is 2. The SMILES string of the molecule is CCOC(=O)[C@H](Cc1nc2cc(N(CCCl)CCCl)ccc2n1C)NC(=O)[C@@H](NC(=O)OC(C)(C)C)C(C)C. The molecule has 39 heavy (non-hydrogen) atoms. The number of fused-ring (bicyclic) bond motifs is 1. The lowest BCUT2D eigenvalue weighted by Crippen LogP contribution is -2.55. The van der Waals surface area contributed by atoms with Gasteiger partial charge in [-0.2, -0.15) is 0 Å². The summed E-state index contributed by atoms with van der Waals surface area (Å²) < 4.78 is 12.4. The van der Waals surface area contributed by atoms with Crippen LogP contribution in [-0.4, -0.2) is 76.7 Å². The molecule has 0 aliphatic heterocycles. The van der Waals surface area contributed by atoms with Crippen molar-refractivity contribution in [1.29, 1.82) is 0 Å². The topological polar surface area (TPSA) is 115 Å². The molecule has 0 saturated carbocycles. The normalized spacial score (nSPS) is 13.2. The zero-order valence-electron chi connectivity index (χ0n) is 23.8. The number of nitrogens with zero attached hydrogens (tertiary/aromatic N) is 3. The number of hydrogen-bond acceptors (Lipinski definition) is 7. The minimum atomic E-state index is -1.02. The van der Waals surface area contributed by atoms with Crippen LogP contribution >= 0.6 is 23.2 Å². The third kappa shape index (κ3) is 9.46. The van der Waals surface area contributed by atoms with Crippen molar-refractivity contribution in [3.05, 3.63) is 24.0 Å². The van der Waals surface area contributed by atoms with Gasteiger partial charge in [-0.1, -0.05) is 13.8 Å². The van der Waals surface area contributed by atoms with Crippen LogP contribution in [0.4, 0.5) is 10.5 Å². The first-order valence-corrected chi connectivity index (χ1v) is 14.2. The molecule has 1 aromatic heterocycles. The van der Waals surface area contributed by atoms with Gasteiger partial charge >= 0.3 is 12.1 Å². The number of halogens is 2. The highest BCUT2D eigenvalue weighted by molar-refractivity contribution is 6.18. The number of esters is 1. The average molecular weight is 587 g/mol. The maximum absolute atomic E-state index is 13.3. The van der Waals surface area contributed by atoms with Crippen molar-refractivity contribution in [2.24, 2.45) is 13.0 Å². The molecule has 2 amide bonds. The van der Waals surface area contributed by atoms with Gasteiger partial charge in [-0.25, -0.2) is 14.6 Å². The maximum Gasteiger partial charge on any atom is 0.408 e. The quantitative estimate of drug-likeness (QED) is 0.269. The molecule has 0 fully saturated rings. The van der Waals surface area contributed by atoms with Crippen LogP contribution in [0.3, 0.4) is 0 Å². The fourth-order valence-electron chi connectivity index (χ4n) is 4.04. The van der Waals surface area contributed by atoms with Crippen LogP contribution in [-0.2, 0) is 32.5 Å². The first kappa shape index (κ1) is 32.5. The number of carbonyl (C=O) groups excluding carboxylic acids is 3. The number of alkyl halides is 2. The molecule has 0 aliphatic carbocycles. The molecule has 0 aliphatic rings. The fraction of sp³-hybridized carbons (Fsp3) is 0.630. The molecule has 0 spiro atoms. The number of ether oxygens (including phenoxy) is 2. The van der Waals surface area contributed by atoms with Gasteiger partial charge in [0.25, 0.3) is 0 Å². The second kappa shape index (κ2) is 14.6. The number of hydrogen-bond donors (Lipinski definition) is 2. The van der Waals surface area contributed by atoms with Gasteiger partial charge in [0.2, 0.25) is 5.91 Å². The van der Waals surface area contributed by atoms with Gasteiger partial charge in [0, 0.05) is 44.0 Å². The van der Waals surface area contributed by atoms with Crippen LogP contribution in [0.1, 0.15) is 47.4 Å². The molecule has 2 rings (SSSR count). The number of rotatable bonds is 13. The summed E-state index contributed by atoms with van der Waals surface area (Å²) in [6.07, 6.45) is -0.623. The first-order chi connectivity index (χ1) is 18.3. The molecule has 2 N–H and O–H groups in total. The Balaban J connectivity index is 2.31. The molecule has 0 unspecified atom stereocenters. The van der Waals surface area contributed by atoms with Crippen LogP contribution < -0.4 is 15.5 Å². The predicted octanol–water partition coefficient (Wildman–Crippen LogP) is 4.00. The molecule has 12 heteroatoms. The second-order valence-electron chi connectivity index (χ2n) is 10.5. The van der Waals surface area contributed by atoms with Crippen molar-refractivity contribution in [3.8, 4) is 0 Å². The van der Waals surface area contributed by atoms with Gasteiger partial charge in [0.05, 0.1) is 17.6 Å². The lowest BCUT2D eigenvalue weighted by molar-refractivity contribution is -0.147. The highest BCUT2D eigenvalue weighted by Gasteiger charge is 2.32. The monoisotopic (exact) mass is 585 g/mol. The van der Waals surface area contributed by atoms with E-state index in [0.717, 1.165) is 16.7 Å². The van der Waals surface area contributed by atoms with Gasteiger partial charge in [-0.05, 0) is 51.8 Å². The molecule has 2 aromatic rings. The number of carbonyl (C=O) groups is 3. The largest absolute Gasteiger partial charge is 0.464 e. The van der Waals surface area contributed by atoms with E-state index in [1.54, 1.807) is 41.5 Å². The van der Waals surface area contributed by atoms with Crippen molar-refractivity contribution in [2.45, 2.75) is 65.6 Å². The molecular weight excluding hydrogens is 545 g/mol. The van der Waals surface area contributed by atoms with E-state index in [1.165, 1.54) is 0 Å². The van der Waals surface area contributed by atoms with E-state index in [0.29, 0.717) is 30.7 Å². The van der Waals surface area contributed by atoms with E-state index in [4.69, 9.17) is 37.7 Å². The molecule has 0 radical (unpaired) electrons. The van der Waals surface area contributed by atoms with E-state index in [9.17, 15) is 14.4 Å². The second-order valence-corrected chi connectivity index (χ2v) is 11.3. The van der Waals surface area contributed by atoms with Gasteiger partial charge in [-0.15, -0.1) is 23.2 Å². The van der Waals surface area contributed by atoms with Crippen molar-refractivity contribution in [2.75, 3.05) is 36.4 Å². The van der Waals surface area contributed by atoms with Crippen LogP contribution in [0.2, 0.25) is 0 Å². The smallest absolute Gasteiger partial charge is 0.408 e. The van der Waals surface area contributed by atoms with E-state index < -0.39 is 35.7 Å². The summed E-state index contributed by atoms with van der Waals surface area (Å²) in [5, 5.41) is 5.37. The van der Waals surface area contributed by atoms with Crippen LogP contribution in [0.5, 0.6) is 0 Å². The minimum Gasteiger partial charge on any atom is -0.464 e. The Morgan fingerprint density at radius 3 is 2.28 bits per heavy atom. The number of imidazole rings is 1. The van der Waals surface area contributed by atoms with Crippen molar-refractivity contribution in [3.63, 3.8) is 0 Å². The molecule has 1 heterocycles.